The molecule has 0 aromatic carbocycles. The molecule has 0 saturated heterocycles. The van der Waals surface area contributed by atoms with Gasteiger partial charge in [0.2, 0.25) is 0 Å². The van der Waals surface area contributed by atoms with Gasteiger partial charge < -0.3 is 10.3 Å². The van der Waals surface area contributed by atoms with Crippen LogP contribution in [-0.2, 0) is 6.42 Å². The Morgan fingerprint density at radius 3 is 2.87 bits per heavy atom. The van der Waals surface area contributed by atoms with Gasteiger partial charge >= 0.3 is 0 Å². The minimum Gasteiger partial charge on any atom is -0.367 e. The van der Waals surface area contributed by atoms with E-state index in [1.165, 1.54) is 57.1 Å². The molecule has 2 N–H and O–H groups in total. The smallest absolute Gasteiger partial charge is 0.00670 e. The molecule has 0 unspecified atom stereocenters. The lowest BCUT2D eigenvalue weighted by atomic mass is 10.1. The third-order valence-electron chi connectivity index (χ3n) is 3.34. The maximum atomic E-state index is 3.65. The maximum Gasteiger partial charge on any atom is 0.00670 e. The zero-order chi connectivity index (χ0) is 10.3. The van der Waals surface area contributed by atoms with Gasteiger partial charge in [0, 0.05) is 18.4 Å². The van der Waals surface area contributed by atoms with Crippen molar-refractivity contribution in [2.24, 2.45) is 0 Å². The molecular formula is C13H22N2. The highest BCUT2D eigenvalue weighted by Crippen LogP contribution is 2.17. The van der Waals surface area contributed by atoms with Gasteiger partial charge in [-0.25, -0.2) is 0 Å². The number of aromatic nitrogens is 1. The Balaban J connectivity index is 1.48. The van der Waals surface area contributed by atoms with Gasteiger partial charge in [0.05, 0.1) is 0 Å². The number of H-pyrrole nitrogens is 1. The number of rotatable bonds is 6. The van der Waals surface area contributed by atoms with Crippen LogP contribution in [0.15, 0.2) is 18.5 Å². The average molecular weight is 206 g/mol. The quantitative estimate of drug-likeness (QED) is 0.688. The molecule has 1 aliphatic carbocycles. The van der Waals surface area contributed by atoms with Crippen LogP contribution in [0.5, 0.6) is 0 Å². The third-order valence-corrected chi connectivity index (χ3v) is 3.34. The first kappa shape index (κ1) is 10.7. The van der Waals surface area contributed by atoms with Crippen LogP contribution in [0, 0.1) is 0 Å². The summed E-state index contributed by atoms with van der Waals surface area (Å²) in [5, 5.41) is 3.65. The van der Waals surface area contributed by atoms with Gasteiger partial charge in [-0.3, -0.25) is 0 Å². The average Bonchev–Trinajstić information content (AvgIpc) is 2.88. The molecule has 1 aromatic rings. The minimum atomic E-state index is 0.831. The van der Waals surface area contributed by atoms with E-state index in [1.807, 2.05) is 6.20 Å². The fraction of sp³-hybridized carbons (Fsp3) is 0.692. The molecule has 0 aliphatic heterocycles. The Morgan fingerprint density at radius 1 is 1.27 bits per heavy atom. The van der Waals surface area contributed by atoms with Gasteiger partial charge in [-0.1, -0.05) is 12.8 Å². The van der Waals surface area contributed by atoms with Crippen molar-refractivity contribution >= 4 is 0 Å². The first-order valence-corrected chi connectivity index (χ1v) is 6.30. The van der Waals surface area contributed by atoms with Crippen LogP contribution in [0.2, 0.25) is 0 Å². The second kappa shape index (κ2) is 5.96. The monoisotopic (exact) mass is 206 g/mol. The second-order valence-electron chi connectivity index (χ2n) is 4.61. The van der Waals surface area contributed by atoms with E-state index < -0.39 is 0 Å². The maximum absolute atomic E-state index is 3.65. The molecule has 84 valence electrons. The lowest BCUT2D eigenvalue weighted by Gasteiger charge is -2.10. The highest BCUT2D eigenvalue weighted by atomic mass is 14.9. The summed E-state index contributed by atoms with van der Waals surface area (Å²) in [5.41, 5.74) is 1.44. The van der Waals surface area contributed by atoms with Crippen LogP contribution in [0.4, 0.5) is 0 Å². The van der Waals surface area contributed by atoms with Crippen molar-refractivity contribution in [2.45, 2.75) is 51.0 Å². The Kier molecular flexibility index (Phi) is 4.27. The fourth-order valence-electron chi connectivity index (χ4n) is 2.40. The standard InChI is InChI=1S/C13H22N2/c1-2-7-13(6-1)15-9-4-3-5-12-8-10-14-11-12/h8,10-11,13-15H,1-7,9H2. The summed E-state index contributed by atoms with van der Waals surface area (Å²) < 4.78 is 0. The van der Waals surface area contributed by atoms with Crippen molar-refractivity contribution in [1.82, 2.24) is 10.3 Å². The molecule has 2 nitrogen and oxygen atoms in total. The van der Waals surface area contributed by atoms with Crippen LogP contribution < -0.4 is 5.32 Å². The largest absolute Gasteiger partial charge is 0.367 e. The molecule has 1 heterocycles. The number of unbranched alkanes of at least 4 members (excludes halogenated alkanes) is 1. The Bertz CT molecular complexity index is 248. The van der Waals surface area contributed by atoms with Crippen molar-refractivity contribution < 1.29 is 0 Å². The molecule has 1 saturated carbocycles. The second-order valence-corrected chi connectivity index (χ2v) is 4.61. The van der Waals surface area contributed by atoms with Crippen LogP contribution >= 0.6 is 0 Å². The molecule has 0 bridgehead atoms. The number of hydrogen-bond acceptors (Lipinski definition) is 1. The Hall–Kier alpha value is -0.760. The van der Waals surface area contributed by atoms with E-state index in [1.54, 1.807) is 0 Å². The Labute approximate surface area is 92.5 Å². The summed E-state index contributed by atoms with van der Waals surface area (Å²) in [6, 6.07) is 3.00. The third kappa shape index (κ3) is 3.71. The molecule has 2 heteroatoms. The highest BCUT2D eigenvalue weighted by molar-refractivity contribution is 5.07. The zero-order valence-electron chi connectivity index (χ0n) is 9.47. The topological polar surface area (TPSA) is 27.8 Å². The summed E-state index contributed by atoms with van der Waals surface area (Å²) in [4.78, 5) is 3.10. The van der Waals surface area contributed by atoms with Gasteiger partial charge in [-0.15, -0.1) is 0 Å². The van der Waals surface area contributed by atoms with Gasteiger partial charge in [-0.2, -0.15) is 0 Å². The fourth-order valence-corrected chi connectivity index (χ4v) is 2.40. The van der Waals surface area contributed by atoms with Gasteiger partial charge in [0.25, 0.3) is 0 Å². The van der Waals surface area contributed by atoms with E-state index in [4.69, 9.17) is 0 Å². The molecular weight excluding hydrogens is 184 g/mol. The predicted molar refractivity (Wildman–Crippen MR) is 64.0 cm³/mol. The van der Waals surface area contributed by atoms with Crippen molar-refractivity contribution in [3.05, 3.63) is 24.0 Å². The summed E-state index contributed by atoms with van der Waals surface area (Å²) >= 11 is 0. The van der Waals surface area contributed by atoms with E-state index in [2.05, 4.69) is 22.6 Å². The lowest BCUT2D eigenvalue weighted by molar-refractivity contribution is 0.508. The number of nitrogens with one attached hydrogen (secondary N) is 2. The molecule has 1 aliphatic rings. The lowest BCUT2D eigenvalue weighted by Crippen LogP contribution is -2.26. The Morgan fingerprint density at radius 2 is 2.13 bits per heavy atom. The van der Waals surface area contributed by atoms with E-state index in [0.29, 0.717) is 0 Å². The summed E-state index contributed by atoms with van der Waals surface area (Å²) in [7, 11) is 0. The number of aryl methyl sites for hydroxylation is 1. The van der Waals surface area contributed by atoms with Crippen molar-refractivity contribution in [2.75, 3.05) is 6.54 Å². The van der Waals surface area contributed by atoms with E-state index in [0.717, 1.165) is 6.04 Å². The minimum absolute atomic E-state index is 0.831. The van der Waals surface area contributed by atoms with E-state index in [-0.39, 0.29) is 0 Å². The van der Waals surface area contributed by atoms with Crippen LogP contribution in [0.25, 0.3) is 0 Å². The zero-order valence-corrected chi connectivity index (χ0v) is 9.47. The molecule has 15 heavy (non-hydrogen) atoms. The van der Waals surface area contributed by atoms with Gasteiger partial charge in [0.1, 0.15) is 0 Å². The number of hydrogen-bond donors (Lipinski definition) is 2. The first-order valence-electron chi connectivity index (χ1n) is 6.30. The summed E-state index contributed by atoms with van der Waals surface area (Å²) in [6.07, 6.45) is 13.6. The molecule has 1 aromatic heterocycles. The van der Waals surface area contributed by atoms with Crippen LogP contribution in [0.3, 0.4) is 0 Å². The first-order chi connectivity index (χ1) is 7.45. The molecule has 0 radical (unpaired) electrons. The van der Waals surface area contributed by atoms with Crippen LogP contribution in [-0.4, -0.2) is 17.6 Å². The SMILES string of the molecule is c1cc(CCCCNC2CCCC2)c[nH]1. The van der Waals surface area contributed by atoms with Crippen molar-refractivity contribution in [3.8, 4) is 0 Å². The summed E-state index contributed by atoms with van der Waals surface area (Å²) in [6.45, 7) is 1.20. The molecule has 0 atom stereocenters. The summed E-state index contributed by atoms with van der Waals surface area (Å²) in [5.74, 6) is 0. The normalized spacial score (nSPS) is 17.3. The van der Waals surface area contributed by atoms with E-state index in [9.17, 15) is 0 Å². The molecule has 1 fully saturated rings. The van der Waals surface area contributed by atoms with E-state index >= 15 is 0 Å². The molecule has 0 amide bonds. The van der Waals surface area contributed by atoms with Crippen molar-refractivity contribution in [1.29, 1.82) is 0 Å². The highest BCUT2D eigenvalue weighted by Gasteiger charge is 2.12. The number of aromatic amines is 1. The molecule has 2 rings (SSSR count). The van der Waals surface area contributed by atoms with Crippen molar-refractivity contribution in [3.63, 3.8) is 0 Å². The van der Waals surface area contributed by atoms with Gasteiger partial charge in [0.15, 0.2) is 0 Å². The molecule has 0 spiro atoms. The van der Waals surface area contributed by atoms with Gasteiger partial charge in [-0.05, 0) is 50.3 Å². The predicted octanol–water partition coefficient (Wildman–Crippen LogP) is 2.87. The van der Waals surface area contributed by atoms with Crippen LogP contribution in [0.1, 0.15) is 44.1 Å².